The SMILES string of the molecule is [N-]=[N+]=NCC=Cc1ccc(CO)nc1. The Morgan fingerprint density at radius 2 is 2.43 bits per heavy atom. The van der Waals surface area contributed by atoms with Crippen LogP contribution in [0.15, 0.2) is 29.5 Å². The van der Waals surface area contributed by atoms with E-state index in [1.807, 2.05) is 12.1 Å². The average Bonchev–Trinajstić information content (AvgIpc) is 2.25. The minimum Gasteiger partial charge on any atom is -0.390 e. The van der Waals surface area contributed by atoms with E-state index < -0.39 is 0 Å². The van der Waals surface area contributed by atoms with Crippen LogP contribution in [0, 0.1) is 0 Å². The minimum absolute atomic E-state index is 0.0529. The third-order valence-corrected chi connectivity index (χ3v) is 1.57. The zero-order valence-corrected chi connectivity index (χ0v) is 7.54. The first-order valence-electron chi connectivity index (χ1n) is 4.10. The molecule has 1 aromatic heterocycles. The molecule has 14 heavy (non-hydrogen) atoms. The molecule has 1 aromatic rings. The summed E-state index contributed by atoms with van der Waals surface area (Å²) in [4.78, 5) is 6.61. The van der Waals surface area contributed by atoms with E-state index >= 15 is 0 Å². The molecule has 0 saturated carbocycles. The van der Waals surface area contributed by atoms with E-state index in [9.17, 15) is 0 Å². The van der Waals surface area contributed by atoms with Crippen LogP contribution in [0.4, 0.5) is 0 Å². The normalized spacial score (nSPS) is 10.1. The monoisotopic (exact) mass is 190 g/mol. The molecule has 5 nitrogen and oxygen atoms in total. The molecular formula is C9H10N4O. The Kier molecular flexibility index (Phi) is 4.20. The van der Waals surface area contributed by atoms with Crippen LogP contribution >= 0.6 is 0 Å². The van der Waals surface area contributed by atoms with Crippen molar-refractivity contribution in [2.24, 2.45) is 5.11 Å². The van der Waals surface area contributed by atoms with Crippen LogP contribution in [0.25, 0.3) is 16.5 Å². The largest absolute Gasteiger partial charge is 0.390 e. The molecule has 0 amide bonds. The van der Waals surface area contributed by atoms with Crippen LogP contribution in [0.2, 0.25) is 0 Å². The van der Waals surface area contributed by atoms with Gasteiger partial charge in [0.1, 0.15) is 0 Å². The number of nitrogens with zero attached hydrogens (tertiary/aromatic N) is 4. The molecular weight excluding hydrogens is 180 g/mol. The van der Waals surface area contributed by atoms with E-state index in [-0.39, 0.29) is 6.61 Å². The molecule has 0 unspecified atom stereocenters. The van der Waals surface area contributed by atoms with Crippen molar-refractivity contribution in [2.45, 2.75) is 6.61 Å². The summed E-state index contributed by atoms with van der Waals surface area (Å²) in [5, 5.41) is 12.1. The van der Waals surface area contributed by atoms with E-state index in [1.165, 1.54) is 0 Å². The summed E-state index contributed by atoms with van der Waals surface area (Å²) in [7, 11) is 0. The Hall–Kier alpha value is -1.84. The number of aromatic nitrogens is 1. The van der Waals surface area contributed by atoms with Crippen LogP contribution in [-0.2, 0) is 6.61 Å². The highest BCUT2D eigenvalue weighted by Gasteiger charge is 1.90. The van der Waals surface area contributed by atoms with Gasteiger partial charge in [0.05, 0.1) is 12.3 Å². The highest BCUT2D eigenvalue weighted by atomic mass is 16.3. The zero-order valence-electron chi connectivity index (χ0n) is 7.54. The number of aliphatic hydroxyl groups is 1. The Morgan fingerprint density at radius 3 is 3.00 bits per heavy atom. The van der Waals surface area contributed by atoms with Gasteiger partial charge < -0.3 is 5.11 Å². The first kappa shape index (κ1) is 10.2. The molecule has 0 bridgehead atoms. The summed E-state index contributed by atoms with van der Waals surface area (Å²) in [6, 6.07) is 3.58. The fourth-order valence-electron chi connectivity index (χ4n) is 0.900. The van der Waals surface area contributed by atoms with Crippen LogP contribution in [0.5, 0.6) is 0 Å². The number of hydrogen-bond acceptors (Lipinski definition) is 3. The quantitative estimate of drug-likeness (QED) is 0.446. The Morgan fingerprint density at radius 1 is 1.57 bits per heavy atom. The van der Waals surface area contributed by atoms with Gasteiger partial charge in [-0.15, -0.1) is 0 Å². The van der Waals surface area contributed by atoms with Crippen molar-refractivity contribution < 1.29 is 5.11 Å². The van der Waals surface area contributed by atoms with Crippen LogP contribution in [0.3, 0.4) is 0 Å². The second-order valence-electron chi connectivity index (χ2n) is 2.56. The van der Waals surface area contributed by atoms with Crippen molar-refractivity contribution in [3.05, 3.63) is 46.1 Å². The Bertz CT molecular complexity index is 352. The predicted molar refractivity (Wildman–Crippen MR) is 53.2 cm³/mol. The zero-order chi connectivity index (χ0) is 10.2. The Balaban J connectivity index is 2.59. The molecule has 0 radical (unpaired) electrons. The molecule has 0 aromatic carbocycles. The molecule has 0 saturated heterocycles. The van der Waals surface area contributed by atoms with E-state index in [2.05, 4.69) is 15.0 Å². The number of hydrogen-bond donors (Lipinski definition) is 1. The van der Waals surface area contributed by atoms with Crippen molar-refractivity contribution in [1.82, 2.24) is 4.98 Å². The van der Waals surface area contributed by atoms with Gasteiger partial charge >= 0.3 is 0 Å². The van der Waals surface area contributed by atoms with Crippen molar-refractivity contribution in [1.29, 1.82) is 0 Å². The van der Waals surface area contributed by atoms with E-state index in [4.69, 9.17) is 10.6 Å². The molecule has 72 valence electrons. The first-order chi connectivity index (χ1) is 6.86. The molecule has 0 fully saturated rings. The molecule has 0 aliphatic heterocycles. The number of azide groups is 1. The smallest absolute Gasteiger partial charge is 0.0852 e. The second kappa shape index (κ2) is 5.75. The summed E-state index contributed by atoms with van der Waals surface area (Å²) in [5.41, 5.74) is 9.56. The minimum atomic E-state index is -0.0529. The fourth-order valence-corrected chi connectivity index (χ4v) is 0.900. The van der Waals surface area contributed by atoms with Gasteiger partial charge in [0.15, 0.2) is 0 Å². The van der Waals surface area contributed by atoms with Crippen LogP contribution in [0.1, 0.15) is 11.3 Å². The number of pyridine rings is 1. The molecule has 1 rings (SSSR count). The standard InChI is InChI=1S/C9H10N4O/c10-13-12-5-1-2-8-3-4-9(7-14)11-6-8/h1-4,6,14H,5,7H2. The molecule has 0 aliphatic carbocycles. The van der Waals surface area contributed by atoms with Crippen molar-refractivity contribution in [3.63, 3.8) is 0 Å². The van der Waals surface area contributed by atoms with Gasteiger partial charge in [-0.25, -0.2) is 0 Å². The summed E-state index contributed by atoms with van der Waals surface area (Å²) < 4.78 is 0. The maximum absolute atomic E-state index is 8.74. The number of rotatable bonds is 4. The molecule has 1 heterocycles. The average molecular weight is 190 g/mol. The summed E-state index contributed by atoms with van der Waals surface area (Å²) in [6.07, 6.45) is 5.20. The van der Waals surface area contributed by atoms with Gasteiger partial charge in [0.2, 0.25) is 0 Å². The van der Waals surface area contributed by atoms with Gasteiger partial charge in [-0.05, 0) is 17.2 Å². The van der Waals surface area contributed by atoms with Gasteiger partial charge in [-0.2, -0.15) is 0 Å². The lowest BCUT2D eigenvalue weighted by atomic mass is 10.2. The third-order valence-electron chi connectivity index (χ3n) is 1.57. The van der Waals surface area contributed by atoms with Crippen molar-refractivity contribution >= 4 is 6.08 Å². The van der Waals surface area contributed by atoms with E-state index in [0.29, 0.717) is 12.2 Å². The van der Waals surface area contributed by atoms with Crippen LogP contribution < -0.4 is 0 Å². The number of aliphatic hydroxyl groups excluding tert-OH is 1. The van der Waals surface area contributed by atoms with Gasteiger partial charge in [-0.3, -0.25) is 4.98 Å². The molecule has 0 aliphatic rings. The maximum Gasteiger partial charge on any atom is 0.0852 e. The molecule has 0 atom stereocenters. The van der Waals surface area contributed by atoms with E-state index in [1.54, 1.807) is 18.3 Å². The second-order valence-corrected chi connectivity index (χ2v) is 2.56. The Labute approximate surface area is 81.3 Å². The lowest BCUT2D eigenvalue weighted by molar-refractivity contribution is 0.277. The van der Waals surface area contributed by atoms with Gasteiger partial charge in [0.25, 0.3) is 0 Å². The topological polar surface area (TPSA) is 81.9 Å². The molecule has 1 N–H and O–H groups in total. The summed E-state index contributed by atoms with van der Waals surface area (Å²) >= 11 is 0. The lowest BCUT2D eigenvalue weighted by Crippen LogP contribution is -1.87. The highest BCUT2D eigenvalue weighted by molar-refractivity contribution is 5.47. The van der Waals surface area contributed by atoms with Crippen molar-refractivity contribution in [3.8, 4) is 0 Å². The molecule has 0 spiro atoms. The van der Waals surface area contributed by atoms with Crippen LogP contribution in [-0.4, -0.2) is 16.6 Å². The predicted octanol–water partition coefficient (Wildman–Crippen LogP) is 1.90. The van der Waals surface area contributed by atoms with Gasteiger partial charge in [0, 0.05) is 17.7 Å². The highest BCUT2D eigenvalue weighted by Crippen LogP contribution is 2.02. The fraction of sp³-hybridized carbons (Fsp3) is 0.222. The van der Waals surface area contributed by atoms with E-state index in [0.717, 1.165) is 5.56 Å². The van der Waals surface area contributed by atoms with Gasteiger partial charge in [-0.1, -0.05) is 23.3 Å². The molecule has 5 heteroatoms. The summed E-state index contributed by atoms with van der Waals surface area (Å²) in [6.45, 7) is 0.279. The third kappa shape index (κ3) is 3.26. The first-order valence-corrected chi connectivity index (χ1v) is 4.10. The summed E-state index contributed by atoms with van der Waals surface area (Å²) in [5.74, 6) is 0. The lowest BCUT2D eigenvalue weighted by Gasteiger charge is -1.95. The maximum atomic E-state index is 8.74. The van der Waals surface area contributed by atoms with Crippen molar-refractivity contribution in [2.75, 3.05) is 6.54 Å².